The number of nitrogens with zero attached hydrogens (tertiary/aromatic N) is 1. The number of carbonyl (C=O) groups excluding carboxylic acids is 1. The van der Waals surface area contributed by atoms with Crippen LogP contribution in [0.15, 0.2) is 95.9 Å². The van der Waals surface area contributed by atoms with E-state index in [1.165, 1.54) is 30.0 Å². The highest BCUT2D eigenvalue weighted by Crippen LogP contribution is 2.59. The Morgan fingerprint density at radius 3 is 2.42 bits per heavy atom. The van der Waals surface area contributed by atoms with Crippen molar-refractivity contribution in [3.8, 4) is 0 Å². The molecule has 0 spiro atoms. The van der Waals surface area contributed by atoms with Gasteiger partial charge in [-0.2, -0.15) is 0 Å². The first-order chi connectivity index (χ1) is 19.3. The average molecular weight is 594 g/mol. The molecule has 202 valence electrons. The van der Waals surface area contributed by atoms with Gasteiger partial charge in [0.1, 0.15) is 5.82 Å². The Hall–Kier alpha value is -3.39. The molecule has 40 heavy (non-hydrogen) atoms. The van der Waals surface area contributed by atoms with Crippen LogP contribution in [-0.4, -0.2) is 21.3 Å². The van der Waals surface area contributed by atoms with Crippen molar-refractivity contribution in [1.82, 2.24) is 0 Å². The predicted molar refractivity (Wildman–Crippen MR) is 157 cm³/mol. The first-order valence-corrected chi connectivity index (χ1v) is 14.5. The lowest BCUT2D eigenvalue weighted by Gasteiger charge is -2.39. The van der Waals surface area contributed by atoms with Gasteiger partial charge >= 0.3 is 0 Å². The van der Waals surface area contributed by atoms with Crippen LogP contribution in [0.2, 0.25) is 5.02 Å². The molecule has 0 radical (unpaired) electrons. The molecule has 1 N–H and O–H groups in total. The summed E-state index contributed by atoms with van der Waals surface area (Å²) in [7, 11) is 0. The zero-order valence-electron chi connectivity index (χ0n) is 21.0. The minimum absolute atomic E-state index is 0.0288. The lowest BCUT2D eigenvalue weighted by molar-refractivity contribution is -0.387. The number of thioether (sulfide) groups is 1. The minimum atomic E-state index is -0.406. The molecule has 0 bridgehead atoms. The van der Waals surface area contributed by atoms with Crippen molar-refractivity contribution >= 4 is 52.1 Å². The molecule has 6 rings (SSSR count). The third-order valence-corrected chi connectivity index (χ3v) is 10.1. The number of para-hydroxylation sites is 1. The number of hydrogen-bond acceptors (Lipinski definition) is 5. The Morgan fingerprint density at radius 1 is 1.00 bits per heavy atom. The van der Waals surface area contributed by atoms with Gasteiger partial charge in [0.25, 0.3) is 5.69 Å². The second-order valence-electron chi connectivity index (χ2n) is 10.0. The molecule has 1 aliphatic heterocycles. The van der Waals surface area contributed by atoms with Gasteiger partial charge in [0.15, 0.2) is 5.78 Å². The molecule has 0 saturated heterocycles. The van der Waals surface area contributed by atoms with Gasteiger partial charge in [0.05, 0.1) is 21.2 Å². The quantitative estimate of drug-likeness (QED) is 0.105. The van der Waals surface area contributed by atoms with E-state index in [4.69, 9.17) is 23.2 Å². The van der Waals surface area contributed by atoms with E-state index in [-0.39, 0.29) is 45.3 Å². The maximum atomic E-state index is 13.9. The number of ketones is 1. The Balaban J connectivity index is 1.46. The largest absolute Gasteiger partial charge is 0.377 e. The van der Waals surface area contributed by atoms with Gasteiger partial charge in [0, 0.05) is 39.1 Å². The summed E-state index contributed by atoms with van der Waals surface area (Å²) >= 11 is 15.2. The van der Waals surface area contributed by atoms with Crippen LogP contribution in [0.4, 0.5) is 15.8 Å². The number of nitrogens with one attached hydrogen (secondary N) is 1. The van der Waals surface area contributed by atoms with Crippen LogP contribution in [0.25, 0.3) is 0 Å². The molecule has 4 aromatic rings. The Morgan fingerprint density at radius 2 is 1.70 bits per heavy atom. The van der Waals surface area contributed by atoms with E-state index < -0.39 is 5.38 Å². The van der Waals surface area contributed by atoms with E-state index in [9.17, 15) is 19.3 Å². The Bertz CT molecular complexity index is 1600. The highest BCUT2D eigenvalue weighted by atomic mass is 35.5. The molecule has 1 heterocycles. The van der Waals surface area contributed by atoms with Crippen molar-refractivity contribution in [2.75, 3.05) is 5.32 Å². The number of rotatable bonds is 6. The van der Waals surface area contributed by atoms with Gasteiger partial charge in [-0.25, -0.2) is 4.39 Å². The number of benzene rings is 4. The fourth-order valence-electron chi connectivity index (χ4n) is 5.98. The summed E-state index contributed by atoms with van der Waals surface area (Å²) in [4.78, 5) is 25.5. The summed E-state index contributed by atoms with van der Waals surface area (Å²) in [6.45, 7) is 0. The fourth-order valence-corrected chi connectivity index (χ4v) is 8.15. The molecular formula is C31H23Cl2FN2O3S. The van der Waals surface area contributed by atoms with Gasteiger partial charge < -0.3 is 5.32 Å². The monoisotopic (exact) mass is 592 g/mol. The molecule has 5 nitrogen and oxygen atoms in total. The van der Waals surface area contributed by atoms with E-state index in [2.05, 4.69) is 5.32 Å². The zero-order chi connectivity index (χ0) is 28.0. The summed E-state index contributed by atoms with van der Waals surface area (Å²) in [6, 6.07) is 25.3. The van der Waals surface area contributed by atoms with Gasteiger partial charge in [-0.05, 0) is 53.8 Å². The molecule has 1 fully saturated rings. The zero-order valence-corrected chi connectivity index (χ0v) is 23.3. The highest BCUT2D eigenvalue weighted by Gasteiger charge is 2.51. The standard InChI is InChI=1S/C31H23Cl2FN2O3S/c32-19-14-21-27-22(16-26(28(27)33)40-25-9-5-4-8-24(25)36(38)39)29(17-10-12-20(34)13-11-17)35-30(21)23(15-19)31(37)18-6-2-1-3-7-18/h1-15,22,26-29,35H,16H2. The van der Waals surface area contributed by atoms with E-state index in [1.807, 2.05) is 24.3 Å². The summed E-state index contributed by atoms with van der Waals surface area (Å²) in [5.74, 6) is -0.735. The van der Waals surface area contributed by atoms with Crippen LogP contribution in [0.1, 0.15) is 45.4 Å². The number of alkyl halides is 1. The van der Waals surface area contributed by atoms with Crippen molar-refractivity contribution < 1.29 is 14.1 Å². The minimum Gasteiger partial charge on any atom is -0.377 e. The van der Waals surface area contributed by atoms with Crippen molar-refractivity contribution in [2.45, 2.75) is 33.9 Å². The van der Waals surface area contributed by atoms with Crippen LogP contribution in [-0.2, 0) is 0 Å². The highest BCUT2D eigenvalue weighted by molar-refractivity contribution is 8.00. The van der Waals surface area contributed by atoms with Crippen molar-refractivity contribution in [2.24, 2.45) is 5.92 Å². The third-order valence-electron chi connectivity index (χ3n) is 7.73. The molecule has 1 aliphatic carbocycles. The molecular weight excluding hydrogens is 570 g/mol. The Kier molecular flexibility index (Phi) is 7.29. The van der Waals surface area contributed by atoms with Gasteiger partial charge in [0.2, 0.25) is 0 Å². The SMILES string of the molecule is O=C(c1ccccc1)c1cc(Cl)cc2c1NC(c1ccc(F)cc1)C1CC(Sc3ccccc3[N+](=O)[O-])C(Cl)C21. The van der Waals surface area contributed by atoms with Crippen LogP contribution < -0.4 is 5.32 Å². The molecule has 0 aromatic heterocycles. The lowest BCUT2D eigenvalue weighted by Crippen LogP contribution is -2.32. The molecule has 0 amide bonds. The third kappa shape index (κ3) is 4.87. The molecule has 1 saturated carbocycles. The maximum Gasteiger partial charge on any atom is 0.282 e. The van der Waals surface area contributed by atoms with Gasteiger partial charge in [-0.3, -0.25) is 14.9 Å². The smallest absolute Gasteiger partial charge is 0.282 e. The summed E-state index contributed by atoms with van der Waals surface area (Å²) in [6.07, 6.45) is 0.651. The van der Waals surface area contributed by atoms with E-state index in [0.29, 0.717) is 33.2 Å². The number of nitro benzene ring substituents is 1. The van der Waals surface area contributed by atoms with E-state index in [1.54, 1.807) is 48.5 Å². The van der Waals surface area contributed by atoms with E-state index in [0.717, 1.165) is 11.1 Å². The number of carbonyl (C=O) groups is 1. The first-order valence-electron chi connectivity index (χ1n) is 12.8. The van der Waals surface area contributed by atoms with Gasteiger partial charge in [-0.15, -0.1) is 23.4 Å². The number of anilines is 1. The maximum absolute atomic E-state index is 13.9. The van der Waals surface area contributed by atoms with Crippen LogP contribution >= 0.6 is 35.0 Å². The lowest BCUT2D eigenvalue weighted by atomic mass is 9.76. The van der Waals surface area contributed by atoms with Crippen LogP contribution in [0.3, 0.4) is 0 Å². The second kappa shape index (κ2) is 10.9. The van der Waals surface area contributed by atoms with Crippen LogP contribution in [0, 0.1) is 21.8 Å². The normalized spacial score (nSPS) is 23.1. The van der Waals surface area contributed by atoms with Crippen molar-refractivity contribution in [3.63, 3.8) is 0 Å². The topological polar surface area (TPSA) is 72.2 Å². The summed E-state index contributed by atoms with van der Waals surface area (Å²) in [5.41, 5.74) is 3.40. The molecule has 5 atom stereocenters. The molecule has 4 aromatic carbocycles. The summed E-state index contributed by atoms with van der Waals surface area (Å²) < 4.78 is 13.9. The summed E-state index contributed by atoms with van der Waals surface area (Å²) in [5, 5.41) is 15.2. The molecule has 2 aliphatic rings. The molecule has 5 unspecified atom stereocenters. The number of hydrogen-bond donors (Lipinski definition) is 1. The first kappa shape index (κ1) is 26.8. The number of nitro groups is 1. The van der Waals surface area contributed by atoms with E-state index >= 15 is 0 Å². The van der Waals surface area contributed by atoms with Crippen molar-refractivity contribution in [1.29, 1.82) is 0 Å². The Labute approximate surface area is 244 Å². The fraction of sp³-hybridized carbons (Fsp3) is 0.194. The average Bonchev–Trinajstić information content (AvgIpc) is 3.29. The van der Waals surface area contributed by atoms with Crippen LogP contribution in [0.5, 0.6) is 0 Å². The molecule has 9 heteroatoms. The number of fused-ring (bicyclic) bond motifs is 3. The predicted octanol–water partition coefficient (Wildman–Crippen LogP) is 8.66. The number of halogens is 3. The van der Waals surface area contributed by atoms with Gasteiger partial charge in [-0.1, -0.05) is 66.2 Å². The second-order valence-corrected chi connectivity index (χ2v) is 12.3. The van der Waals surface area contributed by atoms with Crippen molar-refractivity contribution in [3.05, 3.63) is 134 Å².